The highest BCUT2D eigenvalue weighted by Gasteiger charge is 2.26. The molecule has 0 radical (unpaired) electrons. The van der Waals surface area contributed by atoms with Crippen molar-refractivity contribution in [1.82, 2.24) is 5.32 Å². The van der Waals surface area contributed by atoms with Crippen LogP contribution in [0.2, 0.25) is 5.02 Å². The first-order chi connectivity index (χ1) is 8.93. The van der Waals surface area contributed by atoms with Crippen LogP contribution in [0.5, 0.6) is 5.75 Å². The maximum Gasteiger partial charge on any atom is 0.143 e. The fraction of sp³-hybridized carbons (Fsp3) is 0.600. The van der Waals surface area contributed by atoms with E-state index in [0.717, 1.165) is 48.1 Å². The van der Waals surface area contributed by atoms with Crippen LogP contribution in [0.3, 0.4) is 0 Å². The molecule has 1 aromatic rings. The van der Waals surface area contributed by atoms with Gasteiger partial charge in [-0.2, -0.15) is 0 Å². The Kier molecular flexibility index (Phi) is 4.26. The van der Waals surface area contributed by atoms with Crippen LogP contribution >= 0.6 is 11.6 Å². The summed E-state index contributed by atoms with van der Waals surface area (Å²) in [5.74, 6) is 0.855. The minimum atomic E-state index is 0.106. The second-order valence-corrected chi connectivity index (χ2v) is 6.27. The maximum atomic E-state index is 6.18. The Labute approximate surface area is 120 Å². The van der Waals surface area contributed by atoms with E-state index < -0.39 is 0 Å². The van der Waals surface area contributed by atoms with E-state index >= 15 is 0 Å². The third kappa shape index (κ3) is 3.34. The summed E-state index contributed by atoms with van der Waals surface area (Å²) in [6, 6.07) is 4.04. The van der Waals surface area contributed by atoms with Gasteiger partial charge in [0.15, 0.2) is 0 Å². The molecule has 1 N–H and O–H groups in total. The number of nitrogens with zero attached hydrogens (tertiary/aromatic N) is 1. The third-order valence-electron chi connectivity index (χ3n) is 3.60. The molecule has 1 heterocycles. The predicted molar refractivity (Wildman–Crippen MR) is 81.7 cm³/mol. The molecule has 1 aliphatic rings. The predicted octanol–water partition coefficient (Wildman–Crippen LogP) is 3.24. The maximum absolute atomic E-state index is 6.18. The molecule has 0 spiro atoms. The van der Waals surface area contributed by atoms with Crippen molar-refractivity contribution in [2.45, 2.75) is 32.7 Å². The quantitative estimate of drug-likeness (QED) is 0.901. The second kappa shape index (κ2) is 5.59. The third-order valence-corrected chi connectivity index (χ3v) is 4.00. The number of halogens is 1. The molecule has 0 aromatic heterocycles. The summed E-state index contributed by atoms with van der Waals surface area (Å²) in [5.41, 5.74) is 2.34. The first-order valence-corrected chi connectivity index (χ1v) is 7.15. The van der Waals surface area contributed by atoms with Crippen LogP contribution in [0.4, 0.5) is 5.69 Å². The van der Waals surface area contributed by atoms with E-state index in [1.54, 1.807) is 7.11 Å². The van der Waals surface area contributed by atoms with Crippen molar-refractivity contribution in [1.29, 1.82) is 0 Å². The lowest BCUT2D eigenvalue weighted by atomic mass is 10.0. The van der Waals surface area contributed by atoms with Gasteiger partial charge >= 0.3 is 0 Å². The summed E-state index contributed by atoms with van der Waals surface area (Å²) in [7, 11) is 1.70. The lowest BCUT2D eigenvalue weighted by Gasteiger charge is -2.32. The molecular weight excluding hydrogens is 260 g/mol. The summed E-state index contributed by atoms with van der Waals surface area (Å²) in [6.45, 7) is 9.56. The van der Waals surface area contributed by atoms with Gasteiger partial charge in [0.2, 0.25) is 0 Å². The molecule has 1 saturated heterocycles. The number of hydrogen-bond acceptors (Lipinski definition) is 3. The SMILES string of the molecule is COc1cc(Cl)c(C)cc1N1CCCNC(C)(C)C1. The van der Waals surface area contributed by atoms with Crippen LogP contribution in [0.1, 0.15) is 25.8 Å². The Morgan fingerprint density at radius 2 is 2.11 bits per heavy atom. The number of ether oxygens (including phenoxy) is 1. The van der Waals surface area contributed by atoms with E-state index in [4.69, 9.17) is 16.3 Å². The monoisotopic (exact) mass is 282 g/mol. The first kappa shape index (κ1) is 14.5. The fourth-order valence-electron chi connectivity index (χ4n) is 2.57. The number of nitrogens with one attached hydrogen (secondary N) is 1. The van der Waals surface area contributed by atoms with Gasteiger partial charge in [-0.25, -0.2) is 0 Å². The zero-order chi connectivity index (χ0) is 14.0. The highest BCUT2D eigenvalue weighted by Crippen LogP contribution is 2.35. The minimum Gasteiger partial charge on any atom is -0.495 e. The average molecular weight is 283 g/mol. The zero-order valence-corrected chi connectivity index (χ0v) is 13.0. The summed E-state index contributed by atoms with van der Waals surface area (Å²) in [6.07, 6.45) is 1.13. The van der Waals surface area contributed by atoms with Gasteiger partial charge in [-0.05, 0) is 45.4 Å². The van der Waals surface area contributed by atoms with Crippen LogP contribution in [0.15, 0.2) is 12.1 Å². The molecule has 3 nitrogen and oxygen atoms in total. The van der Waals surface area contributed by atoms with Crippen molar-refractivity contribution in [2.24, 2.45) is 0 Å². The van der Waals surface area contributed by atoms with Crippen molar-refractivity contribution in [3.8, 4) is 5.75 Å². The number of hydrogen-bond donors (Lipinski definition) is 1. The topological polar surface area (TPSA) is 24.5 Å². The highest BCUT2D eigenvalue weighted by atomic mass is 35.5. The van der Waals surface area contributed by atoms with Gasteiger partial charge in [-0.3, -0.25) is 0 Å². The molecular formula is C15H23ClN2O. The molecule has 1 fully saturated rings. The molecule has 0 aliphatic carbocycles. The van der Waals surface area contributed by atoms with Crippen LogP contribution in [-0.4, -0.2) is 32.3 Å². The number of aryl methyl sites for hydroxylation is 1. The Hall–Kier alpha value is -0.930. The number of benzene rings is 1. The molecule has 0 unspecified atom stereocenters. The van der Waals surface area contributed by atoms with E-state index in [9.17, 15) is 0 Å². The van der Waals surface area contributed by atoms with E-state index in [2.05, 4.69) is 30.1 Å². The lowest BCUT2D eigenvalue weighted by Crippen LogP contribution is -2.46. The summed E-state index contributed by atoms with van der Waals surface area (Å²) < 4.78 is 5.50. The van der Waals surface area contributed by atoms with Crippen LogP contribution in [0, 0.1) is 6.92 Å². The molecule has 4 heteroatoms. The van der Waals surface area contributed by atoms with Gasteiger partial charge in [0.05, 0.1) is 12.8 Å². The number of methoxy groups -OCH3 is 1. The Balaban J connectivity index is 2.36. The number of anilines is 1. The Morgan fingerprint density at radius 3 is 2.79 bits per heavy atom. The molecule has 0 amide bonds. The molecule has 0 saturated carbocycles. The van der Waals surface area contributed by atoms with E-state index in [1.165, 1.54) is 0 Å². The van der Waals surface area contributed by atoms with E-state index in [-0.39, 0.29) is 5.54 Å². The van der Waals surface area contributed by atoms with E-state index in [1.807, 2.05) is 13.0 Å². The van der Waals surface area contributed by atoms with Crippen molar-refractivity contribution in [2.75, 3.05) is 31.6 Å². The lowest BCUT2D eigenvalue weighted by molar-refractivity contribution is 0.404. The summed E-state index contributed by atoms with van der Waals surface area (Å²) >= 11 is 6.18. The van der Waals surface area contributed by atoms with Crippen LogP contribution in [0.25, 0.3) is 0 Å². The van der Waals surface area contributed by atoms with Gasteiger partial charge in [0, 0.05) is 29.7 Å². The molecule has 1 aromatic carbocycles. The van der Waals surface area contributed by atoms with Crippen molar-refractivity contribution in [3.63, 3.8) is 0 Å². The Bertz CT molecular complexity index is 460. The van der Waals surface area contributed by atoms with Crippen LogP contribution < -0.4 is 15.0 Å². The largest absolute Gasteiger partial charge is 0.495 e. The standard InChI is InChI=1S/C15H23ClN2O/c1-11-8-13(14(19-4)9-12(11)16)18-7-5-6-17-15(2,3)10-18/h8-9,17H,5-7,10H2,1-4H3. The molecule has 0 atom stereocenters. The molecule has 0 bridgehead atoms. The summed E-state index contributed by atoms with van der Waals surface area (Å²) in [5, 5.41) is 4.33. The minimum absolute atomic E-state index is 0.106. The van der Waals surface area contributed by atoms with Gasteiger partial charge in [-0.15, -0.1) is 0 Å². The van der Waals surface area contributed by atoms with E-state index in [0.29, 0.717) is 0 Å². The highest BCUT2D eigenvalue weighted by molar-refractivity contribution is 6.31. The summed E-state index contributed by atoms with van der Waals surface area (Å²) in [4.78, 5) is 2.39. The smallest absolute Gasteiger partial charge is 0.143 e. The fourth-order valence-corrected chi connectivity index (χ4v) is 2.73. The Morgan fingerprint density at radius 1 is 1.37 bits per heavy atom. The molecule has 106 valence electrons. The number of rotatable bonds is 2. The van der Waals surface area contributed by atoms with Crippen molar-refractivity contribution < 1.29 is 4.74 Å². The first-order valence-electron chi connectivity index (χ1n) is 6.77. The second-order valence-electron chi connectivity index (χ2n) is 5.86. The normalized spacial score (nSPS) is 19.1. The van der Waals surface area contributed by atoms with Gasteiger partial charge in [-0.1, -0.05) is 11.6 Å². The van der Waals surface area contributed by atoms with Crippen molar-refractivity contribution in [3.05, 3.63) is 22.7 Å². The van der Waals surface area contributed by atoms with Gasteiger partial charge in [0.1, 0.15) is 5.75 Å². The van der Waals surface area contributed by atoms with Crippen LogP contribution in [-0.2, 0) is 0 Å². The van der Waals surface area contributed by atoms with Gasteiger partial charge in [0.25, 0.3) is 0 Å². The average Bonchev–Trinajstić information content (AvgIpc) is 2.53. The zero-order valence-electron chi connectivity index (χ0n) is 12.2. The van der Waals surface area contributed by atoms with Gasteiger partial charge < -0.3 is 15.0 Å². The molecule has 19 heavy (non-hydrogen) atoms. The van der Waals surface area contributed by atoms with Crippen molar-refractivity contribution >= 4 is 17.3 Å². The molecule has 1 aliphatic heterocycles. The molecule has 2 rings (SSSR count).